The minimum atomic E-state index is -0.499. The van der Waals surface area contributed by atoms with Crippen LogP contribution in [0.5, 0.6) is 0 Å². The maximum absolute atomic E-state index is 12.5. The van der Waals surface area contributed by atoms with Crippen LogP contribution in [0.3, 0.4) is 0 Å². The first-order valence-corrected chi connectivity index (χ1v) is 10.8. The van der Waals surface area contributed by atoms with Gasteiger partial charge in [0, 0.05) is 23.8 Å². The van der Waals surface area contributed by atoms with Gasteiger partial charge in [0.05, 0.1) is 41.7 Å². The summed E-state index contributed by atoms with van der Waals surface area (Å²) in [7, 11) is 0. The fourth-order valence-corrected chi connectivity index (χ4v) is 3.66. The molecule has 1 heterocycles. The van der Waals surface area contributed by atoms with Crippen molar-refractivity contribution in [3.05, 3.63) is 57.6 Å². The van der Waals surface area contributed by atoms with E-state index in [0.29, 0.717) is 42.6 Å². The average molecular weight is 482 g/mol. The lowest BCUT2D eigenvalue weighted by Gasteiger charge is -2.30. The van der Waals surface area contributed by atoms with Crippen molar-refractivity contribution in [2.75, 3.05) is 43.1 Å². The molecule has 0 aliphatic carbocycles. The molecule has 0 spiro atoms. The van der Waals surface area contributed by atoms with E-state index in [2.05, 4.69) is 15.5 Å². The predicted octanol–water partition coefficient (Wildman–Crippen LogP) is 4.13. The average Bonchev–Trinajstić information content (AvgIpc) is 2.76. The third-order valence-electron chi connectivity index (χ3n) is 4.50. The minimum absolute atomic E-state index is 0.0509. The zero-order valence-electron chi connectivity index (χ0n) is 16.7. The first-order chi connectivity index (χ1) is 14.9. The Morgan fingerprint density at radius 3 is 2.58 bits per heavy atom. The summed E-state index contributed by atoms with van der Waals surface area (Å²) in [5.41, 5.74) is 1.89. The lowest BCUT2D eigenvalue weighted by atomic mass is 10.1. The van der Waals surface area contributed by atoms with Gasteiger partial charge in [-0.25, -0.2) is 4.79 Å². The molecule has 3 rings (SSSR count). The summed E-state index contributed by atoms with van der Waals surface area (Å²) in [6.45, 7) is 4.53. The third kappa shape index (κ3) is 6.07. The number of thiocarbonyl (C=S) groups is 1. The molecule has 0 atom stereocenters. The summed E-state index contributed by atoms with van der Waals surface area (Å²) >= 11 is 17.2. The van der Waals surface area contributed by atoms with E-state index in [1.165, 1.54) is 12.1 Å². The molecule has 1 aliphatic heterocycles. The van der Waals surface area contributed by atoms with E-state index in [-0.39, 0.29) is 22.3 Å². The lowest BCUT2D eigenvalue weighted by molar-refractivity contribution is 0.0526. The van der Waals surface area contributed by atoms with E-state index >= 15 is 0 Å². The highest BCUT2D eigenvalue weighted by molar-refractivity contribution is 7.80. The van der Waals surface area contributed by atoms with Crippen molar-refractivity contribution in [2.45, 2.75) is 6.92 Å². The molecule has 164 valence electrons. The largest absolute Gasteiger partial charge is 0.462 e. The Morgan fingerprint density at radius 1 is 1.13 bits per heavy atom. The molecule has 10 heteroatoms. The Kier molecular flexibility index (Phi) is 8.09. The number of carbonyl (C=O) groups is 2. The molecular weight excluding hydrogens is 461 g/mol. The lowest BCUT2D eigenvalue weighted by Crippen LogP contribution is -2.37. The normalized spacial score (nSPS) is 13.5. The van der Waals surface area contributed by atoms with Crippen LogP contribution in [0.25, 0.3) is 0 Å². The van der Waals surface area contributed by atoms with Gasteiger partial charge < -0.3 is 19.7 Å². The van der Waals surface area contributed by atoms with Gasteiger partial charge in [0.25, 0.3) is 5.91 Å². The smallest absolute Gasteiger partial charge is 0.340 e. The molecule has 2 aromatic carbocycles. The van der Waals surface area contributed by atoms with Crippen molar-refractivity contribution in [3.63, 3.8) is 0 Å². The number of nitrogens with one attached hydrogen (secondary N) is 2. The Labute approximate surface area is 195 Å². The number of hydrogen-bond donors (Lipinski definition) is 2. The first-order valence-electron chi connectivity index (χ1n) is 9.60. The number of anilines is 2. The molecule has 1 aliphatic rings. The summed E-state index contributed by atoms with van der Waals surface area (Å²) in [5.74, 6) is -0.936. The monoisotopic (exact) mass is 481 g/mol. The Morgan fingerprint density at radius 2 is 1.87 bits per heavy atom. The van der Waals surface area contributed by atoms with Gasteiger partial charge in [0.1, 0.15) is 0 Å². The second-order valence-corrected chi connectivity index (χ2v) is 7.84. The number of ether oxygens (including phenoxy) is 2. The molecule has 0 bridgehead atoms. The van der Waals surface area contributed by atoms with Gasteiger partial charge in [-0.3, -0.25) is 10.1 Å². The highest BCUT2D eigenvalue weighted by Gasteiger charge is 2.21. The van der Waals surface area contributed by atoms with Crippen molar-refractivity contribution in [2.24, 2.45) is 0 Å². The highest BCUT2D eigenvalue weighted by Crippen LogP contribution is 2.26. The molecule has 31 heavy (non-hydrogen) atoms. The van der Waals surface area contributed by atoms with Gasteiger partial charge in [0.15, 0.2) is 5.11 Å². The number of hydrogen-bond acceptors (Lipinski definition) is 6. The van der Waals surface area contributed by atoms with Crippen LogP contribution < -0.4 is 15.5 Å². The zero-order chi connectivity index (χ0) is 22.4. The minimum Gasteiger partial charge on any atom is -0.462 e. The predicted molar refractivity (Wildman–Crippen MR) is 126 cm³/mol. The van der Waals surface area contributed by atoms with Crippen LogP contribution in [0.15, 0.2) is 36.4 Å². The Balaban J connectivity index is 1.76. The molecule has 2 aromatic rings. The molecule has 0 saturated carbocycles. The summed E-state index contributed by atoms with van der Waals surface area (Å²) < 4.78 is 10.6. The zero-order valence-corrected chi connectivity index (χ0v) is 19.1. The second kappa shape index (κ2) is 10.8. The molecule has 7 nitrogen and oxygen atoms in total. The van der Waals surface area contributed by atoms with Crippen molar-refractivity contribution in [1.29, 1.82) is 0 Å². The molecule has 0 radical (unpaired) electrons. The third-order valence-corrected chi connectivity index (χ3v) is 5.27. The van der Waals surface area contributed by atoms with Crippen molar-refractivity contribution >= 4 is 63.8 Å². The van der Waals surface area contributed by atoms with Crippen LogP contribution in [0.1, 0.15) is 27.6 Å². The van der Waals surface area contributed by atoms with Gasteiger partial charge in [-0.15, -0.1) is 0 Å². The number of carbonyl (C=O) groups excluding carboxylic acids is 2. The van der Waals surface area contributed by atoms with Crippen LogP contribution in [0, 0.1) is 0 Å². The molecule has 1 saturated heterocycles. The number of amides is 1. The van der Waals surface area contributed by atoms with E-state index in [4.69, 9.17) is 44.9 Å². The van der Waals surface area contributed by atoms with Gasteiger partial charge in [-0.05, 0) is 55.5 Å². The Hall–Kier alpha value is -2.39. The van der Waals surface area contributed by atoms with Crippen LogP contribution in [0.4, 0.5) is 11.4 Å². The quantitative estimate of drug-likeness (QED) is 0.490. The number of halogens is 2. The van der Waals surface area contributed by atoms with E-state index in [1.807, 2.05) is 6.07 Å². The molecule has 1 fully saturated rings. The highest BCUT2D eigenvalue weighted by atomic mass is 35.5. The van der Waals surface area contributed by atoms with E-state index in [9.17, 15) is 9.59 Å². The van der Waals surface area contributed by atoms with Gasteiger partial charge in [-0.2, -0.15) is 0 Å². The fourth-order valence-electron chi connectivity index (χ4n) is 3.07. The molecule has 0 aromatic heterocycles. The van der Waals surface area contributed by atoms with Crippen LogP contribution in [0.2, 0.25) is 10.0 Å². The van der Waals surface area contributed by atoms with Gasteiger partial charge in [-0.1, -0.05) is 23.2 Å². The van der Waals surface area contributed by atoms with Crippen molar-refractivity contribution in [3.8, 4) is 0 Å². The summed E-state index contributed by atoms with van der Waals surface area (Å²) in [5, 5.41) is 6.16. The van der Waals surface area contributed by atoms with E-state index in [0.717, 1.165) is 5.69 Å². The standard InChI is InChI=1S/C21H21Cl2N3O4S/c1-2-30-20(28)16-12-14(4-6-18(16)26-7-9-29-10-8-26)24-21(31)25-19(27)15-11-13(22)3-5-17(15)23/h3-6,11-12H,2,7-10H2,1H3,(H2,24,25,27,31). The molecule has 2 N–H and O–H groups in total. The maximum Gasteiger partial charge on any atom is 0.340 e. The van der Waals surface area contributed by atoms with Crippen LogP contribution in [-0.2, 0) is 9.47 Å². The number of nitrogens with zero attached hydrogens (tertiary/aromatic N) is 1. The van der Waals surface area contributed by atoms with Crippen LogP contribution in [-0.4, -0.2) is 49.9 Å². The summed E-state index contributed by atoms with van der Waals surface area (Å²) in [4.78, 5) is 27.1. The number of benzene rings is 2. The number of esters is 1. The Bertz CT molecular complexity index is 997. The maximum atomic E-state index is 12.5. The van der Waals surface area contributed by atoms with E-state index in [1.54, 1.807) is 25.1 Å². The van der Waals surface area contributed by atoms with Gasteiger partial charge in [0.2, 0.25) is 0 Å². The molecular formula is C21H21Cl2N3O4S. The summed E-state index contributed by atoms with van der Waals surface area (Å²) in [6, 6.07) is 9.82. The molecule has 0 unspecified atom stereocenters. The second-order valence-electron chi connectivity index (χ2n) is 6.58. The van der Waals surface area contributed by atoms with Crippen molar-refractivity contribution in [1.82, 2.24) is 5.32 Å². The van der Waals surface area contributed by atoms with Crippen molar-refractivity contribution < 1.29 is 19.1 Å². The topological polar surface area (TPSA) is 79.9 Å². The number of morpholine rings is 1. The summed E-state index contributed by atoms with van der Waals surface area (Å²) in [6.07, 6.45) is 0. The van der Waals surface area contributed by atoms with E-state index < -0.39 is 11.9 Å². The SMILES string of the molecule is CCOC(=O)c1cc(NC(=S)NC(=O)c2cc(Cl)ccc2Cl)ccc1N1CCOCC1. The van der Waals surface area contributed by atoms with Gasteiger partial charge >= 0.3 is 5.97 Å². The first kappa shape index (κ1) is 23.3. The van der Waals surface area contributed by atoms with Crippen LogP contribution >= 0.6 is 35.4 Å². The fraction of sp³-hybridized carbons (Fsp3) is 0.286. The number of rotatable bonds is 5. The molecule has 1 amide bonds.